The van der Waals surface area contributed by atoms with E-state index >= 15 is 0 Å². The number of hydrogen-bond donors (Lipinski definition) is 1. The number of nitriles is 1. The third-order valence-corrected chi connectivity index (χ3v) is 2.30. The van der Waals surface area contributed by atoms with Crippen molar-refractivity contribution in [1.82, 2.24) is 9.78 Å². The van der Waals surface area contributed by atoms with Crippen LogP contribution in [0.5, 0.6) is 0 Å². The lowest BCUT2D eigenvalue weighted by Crippen LogP contribution is -2.07. The fraction of sp³-hybridized carbons (Fsp3) is 0.0909. The SMILES string of the molecule is N#Cc1ccc(-n2ccc(C(F)(F)F)n2)cc1N. The summed E-state index contributed by atoms with van der Waals surface area (Å²) in [5.41, 5.74) is 5.42. The minimum Gasteiger partial charge on any atom is -0.398 e. The van der Waals surface area contributed by atoms with E-state index < -0.39 is 11.9 Å². The highest BCUT2D eigenvalue weighted by atomic mass is 19.4. The number of benzene rings is 1. The Kier molecular flexibility index (Phi) is 2.71. The van der Waals surface area contributed by atoms with Crippen LogP contribution in [0.15, 0.2) is 30.5 Å². The van der Waals surface area contributed by atoms with E-state index in [-0.39, 0.29) is 11.3 Å². The van der Waals surface area contributed by atoms with Gasteiger partial charge in [0.2, 0.25) is 0 Å². The van der Waals surface area contributed by atoms with Crippen LogP contribution in [-0.2, 0) is 6.18 Å². The molecule has 0 bridgehead atoms. The second-order valence-electron chi connectivity index (χ2n) is 3.53. The highest BCUT2D eigenvalue weighted by molar-refractivity contribution is 5.58. The maximum absolute atomic E-state index is 12.4. The second-order valence-corrected chi connectivity index (χ2v) is 3.53. The lowest BCUT2D eigenvalue weighted by molar-refractivity contribution is -0.141. The Balaban J connectivity index is 2.41. The van der Waals surface area contributed by atoms with E-state index in [0.717, 1.165) is 10.7 Å². The van der Waals surface area contributed by atoms with Gasteiger partial charge in [0.1, 0.15) is 6.07 Å². The Morgan fingerprint density at radius 3 is 2.50 bits per heavy atom. The molecule has 1 aromatic heterocycles. The fourth-order valence-electron chi connectivity index (χ4n) is 1.41. The van der Waals surface area contributed by atoms with Crippen LogP contribution in [0.3, 0.4) is 0 Å². The highest BCUT2D eigenvalue weighted by Crippen LogP contribution is 2.28. The molecule has 1 heterocycles. The lowest BCUT2D eigenvalue weighted by atomic mass is 10.2. The summed E-state index contributed by atoms with van der Waals surface area (Å²) in [7, 11) is 0. The summed E-state index contributed by atoms with van der Waals surface area (Å²) in [5, 5.41) is 12.1. The Morgan fingerprint density at radius 2 is 2.00 bits per heavy atom. The summed E-state index contributed by atoms with van der Waals surface area (Å²) in [6.45, 7) is 0. The van der Waals surface area contributed by atoms with Crippen LogP contribution in [0.1, 0.15) is 11.3 Å². The average Bonchev–Trinajstić information content (AvgIpc) is 2.77. The molecule has 0 saturated carbocycles. The molecular formula is C11H7F3N4. The molecule has 0 unspecified atom stereocenters. The first-order chi connectivity index (χ1) is 8.41. The Morgan fingerprint density at radius 1 is 1.28 bits per heavy atom. The van der Waals surface area contributed by atoms with Crippen molar-refractivity contribution in [3.8, 4) is 11.8 Å². The van der Waals surface area contributed by atoms with E-state index in [1.165, 1.54) is 24.4 Å². The number of nitrogens with two attached hydrogens (primary N) is 1. The van der Waals surface area contributed by atoms with Gasteiger partial charge in [0.05, 0.1) is 16.9 Å². The molecule has 2 aromatic rings. The summed E-state index contributed by atoms with van der Waals surface area (Å²) in [5.74, 6) is 0. The van der Waals surface area contributed by atoms with Gasteiger partial charge in [-0.15, -0.1) is 0 Å². The zero-order valence-electron chi connectivity index (χ0n) is 8.94. The summed E-state index contributed by atoms with van der Waals surface area (Å²) < 4.78 is 38.2. The molecule has 7 heteroatoms. The Bertz CT molecular complexity index is 622. The molecule has 0 atom stereocenters. The molecule has 0 radical (unpaired) electrons. The van der Waals surface area contributed by atoms with E-state index in [1.54, 1.807) is 0 Å². The first kappa shape index (κ1) is 12.0. The maximum atomic E-state index is 12.4. The molecule has 2 rings (SSSR count). The third kappa shape index (κ3) is 2.13. The van der Waals surface area contributed by atoms with E-state index in [2.05, 4.69) is 5.10 Å². The Labute approximate surface area is 100 Å². The van der Waals surface area contributed by atoms with Gasteiger partial charge in [0.25, 0.3) is 0 Å². The molecule has 4 nitrogen and oxygen atoms in total. The molecule has 0 amide bonds. The van der Waals surface area contributed by atoms with Gasteiger partial charge in [-0.25, -0.2) is 4.68 Å². The molecule has 92 valence electrons. The predicted octanol–water partition coefficient (Wildman–Crippen LogP) is 2.34. The predicted molar refractivity (Wildman–Crippen MR) is 57.7 cm³/mol. The molecular weight excluding hydrogens is 245 g/mol. The van der Waals surface area contributed by atoms with Gasteiger partial charge in [-0.2, -0.15) is 23.5 Å². The van der Waals surface area contributed by atoms with Crippen LogP contribution >= 0.6 is 0 Å². The molecule has 1 aromatic carbocycles. The van der Waals surface area contributed by atoms with Gasteiger partial charge in [-0.05, 0) is 24.3 Å². The van der Waals surface area contributed by atoms with Gasteiger partial charge in [-0.3, -0.25) is 0 Å². The monoisotopic (exact) mass is 252 g/mol. The largest absolute Gasteiger partial charge is 0.435 e. The molecule has 18 heavy (non-hydrogen) atoms. The van der Waals surface area contributed by atoms with Gasteiger partial charge in [0, 0.05) is 6.20 Å². The summed E-state index contributed by atoms with van der Waals surface area (Å²) in [4.78, 5) is 0. The van der Waals surface area contributed by atoms with Crippen LogP contribution < -0.4 is 5.73 Å². The van der Waals surface area contributed by atoms with Crippen molar-refractivity contribution in [3.63, 3.8) is 0 Å². The van der Waals surface area contributed by atoms with Crippen molar-refractivity contribution in [2.45, 2.75) is 6.18 Å². The first-order valence-corrected chi connectivity index (χ1v) is 4.84. The van der Waals surface area contributed by atoms with Crippen LogP contribution in [0.25, 0.3) is 5.69 Å². The number of aromatic nitrogens is 2. The molecule has 0 aliphatic carbocycles. The zero-order chi connectivity index (χ0) is 13.3. The third-order valence-electron chi connectivity index (χ3n) is 2.30. The summed E-state index contributed by atoms with van der Waals surface area (Å²) in [6, 6.07) is 7.04. The van der Waals surface area contributed by atoms with E-state index in [4.69, 9.17) is 11.0 Å². The first-order valence-electron chi connectivity index (χ1n) is 4.84. The minimum atomic E-state index is -4.48. The number of nitrogens with zero attached hydrogens (tertiary/aromatic N) is 3. The van der Waals surface area contributed by atoms with Crippen LogP contribution in [0, 0.1) is 11.3 Å². The maximum Gasteiger partial charge on any atom is 0.435 e. The molecule has 2 N–H and O–H groups in total. The standard InChI is InChI=1S/C11H7F3N4/c12-11(13,14)10-3-4-18(17-10)8-2-1-7(6-15)9(16)5-8/h1-5H,16H2. The van der Waals surface area contributed by atoms with Gasteiger partial charge >= 0.3 is 6.18 Å². The number of hydrogen-bond acceptors (Lipinski definition) is 3. The average molecular weight is 252 g/mol. The van der Waals surface area contributed by atoms with Crippen molar-refractivity contribution in [3.05, 3.63) is 41.7 Å². The van der Waals surface area contributed by atoms with Crippen molar-refractivity contribution < 1.29 is 13.2 Å². The number of rotatable bonds is 1. The van der Waals surface area contributed by atoms with Crippen LogP contribution in [0.2, 0.25) is 0 Å². The van der Waals surface area contributed by atoms with Crippen LogP contribution in [-0.4, -0.2) is 9.78 Å². The molecule has 0 aliphatic heterocycles. The fourth-order valence-corrected chi connectivity index (χ4v) is 1.41. The molecule has 0 saturated heterocycles. The summed E-state index contributed by atoms with van der Waals surface area (Å²) in [6.07, 6.45) is -3.30. The van der Waals surface area contributed by atoms with E-state index in [9.17, 15) is 13.2 Å². The van der Waals surface area contributed by atoms with Gasteiger partial charge < -0.3 is 5.73 Å². The summed E-state index contributed by atoms with van der Waals surface area (Å²) >= 11 is 0. The molecule has 0 spiro atoms. The van der Waals surface area contributed by atoms with Gasteiger partial charge in [-0.1, -0.05) is 0 Å². The van der Waals surface area contributed by atoms with Crippen molar-refractivity contribution in [1.29, 1.82) is 5.26 Å². The number of alkyl halides is 3. The lowest BCUT2D eigenvalue weighted by Gasteiger charge is -2.04. The number of halogens is 3. The second kappa shape index (κ2) is 4.07. The smallest absolute Gasteiger partial charge is 0.398 e. The Hall–Kier alpha value is -2.49. The number of anilines is 1. The minimum absolute atomic E-state index is 0.194. The van der Waals surface area contributed by atoms with Crippen molar-refractivity contribution >= 4 is 5.69 Å². The van der Waals surface area contributed by atoms with Crippen LogP contribution in [0.4, 0.5) is 18.9 Å². The zero-order valence-corrected chi connectivity index (χ0v) is 8.94. The van der Waals surface area contributed by atoms with Crippen molar-refractivity contribution in [2.75, 3.05) is 5.73 Å². The van der Waals surface area contributed by atoms with Crippen molar-refractivity contribution in [2.24, 2.45) is 0 Å². The molecule has 0 aliphatic rings. The quantitative estimate of drug-likeness (QED) is 0.792. The van der Waals surface area contributed by atoms with E-state index in [0.29, 0.717) is 5.69 Å². The van der Waals surface area contributed by atoms with Gasteiger partial charge in [0.15, 0.2) is 5.69 Å². The normalized spacial score (nSPS) is 11.2. The number of nitrogen functional groups attached to an aromatic ring is 1. The van der Waals surface area contributed by atoms with E-state index in [1.807, 2.05) is 6.07 Å². The molecule has 0 fully saturated rings. The highest BCUT2D eigenvalue weighted by Gasteiger charge is 2.33. The topological polar surface area (TPSA) is 67.6 Å².